The normalized spacial score (nSPS) is 10.8. The van der Waals surface area contributed by atoms with Crippen LogP contribution in [-0.4, -0.2) is 51.8 Å². The number of aliphatic imine (C=N–C) groups is 1. The van der Waals surface area contributed by atoms with E-state index >= 15 is 0 Å². The number of methoxy groups -OCH3 is 2. The number of rotatable bonds is 9. The summed E-state index contributed by atoms with van der Waals surface area (Å²) in [5, 5.41) is 3.35. The zero-order chi connectivity index (χ0) is 17.1. The molecule has 6 heteroatoms. The molecule has 138 valence electrons. The average molecular weight is 449 g/mol. The molecule has 0 unspecified atom stereocenters. The first-order valence-corrected chi connectivity index (χ1v) is 8.36. The van der Waals surface area contributed by atoms with E-state index in [0.717, 1.165) is 56.4 Å². The van der Waals surface area contributed by atoms with Crippen molar-refractivity contribution < 1.29 is 9.47 Å². The van der Waals surface area contributed by atoms with Crippen LogP contribution in [0.15, 0.2) is 23.2 Å². The zero-order valence-electron chi connectivity index (χ0n) is 15.6. The van der Waals surface area contributed by atoms with Crippen LogP contribution < -0.4 is 14.8 Å². The molecule has 5 nitrogen and oxygen atoms in total. The van der Waals surface area contributed by atoms with Gasteiger partial charge in [-0.15, -0.1) is 24.0 Å². The van der Waals surface area contributed by atoms with Gasteiger partial charge in [-0.3, -0.25) is 4.99 Å². The second-order valence-electron chi connectivity index (χ2n) is 5.45. The molecule has 0 bridgehead atoms. The van der Waals surface area contributed by atoms with E-state index in [2.05, 4.69) is 42.2 Å². The summed E-state index contributed by atoms with van der Waals surface area (Å²) in [7, 11) is 5.40. The Kier molecular flexibility index (Phi) is 12.5. The van der Waals surface area contributed by atoms with Crippen molar-refractivity contribution in [2.45, 2.75) is 33.1 Å². The summed E-state index contributed by atoms with van der Waals surface area (Å²) in [6.07, 6.45) is 3.21. The molecule has 0 fully saturated rings. The van der Waals surface area contributed by atoms with Crippen molar-refractivity contribution in [3.05, 3.63) is 23.8 Å². The summed E-state index contributed by atoms with van der Waals surface area (Å²) in [6.45, 7) is 6.93. The first kappa shape index (κ1) is 22.8. The van der Waals surface area contributed by atoms with Crippen LogP contribution in [0.5, 0.6) is 11.5 Å². The van der Waals surface area contributed by atoms with Gasteiger partial charge in [0.2, 0.25) is 0 Å². The molecule has 0 heterocycles. The van der Waals surface area contributed by atoms with Crippen LogP contribution in [-0.2, 0) is 6.42 Å². The van der Waals surface area contributed by atoms with Gasteiger partial charge in [-0.05, 0) is 37.5 Å². The van der Waals surface area contributed by atoms with Crippen molar-refractivity contribution in [3.63, 3.8) is 0 Å². The highest BCUT2D eigenvalue weighted by atomic mass is 127. The third-order valence-electron chi connectivity index (χ3n) is 3.65. The van der Waals surface area contributed by atoms with Crippen molar-refractivity contribution in [1.29, 1.82) is 0 Å². The third kappa shape index (κ3) is 7.59. The van der Waals surface area contributed by atoms with Crippen LogP contribution in [0.2, 0.25) is 0 Å². The number of nitrogens with one attached hydrogen (secondary N) is 1. The molecule has 0 aliphatic carbocycles. The highest BCUT2D eigenvalue weighted by Gasteiger charge is 2.08. The molecule has 0 radical (unpaired) electrons. The SMILES string of the molecule is CCCCN=C(NCC)N(C)CCc1ccc(OC)c(OC)c1.I. The molecular formula is C18H32IN3O2. The van der Waals surface area contributed by atoms with Crippen molar-refractivity contribution in [3.8, 4) is 11.5 Å². The van der Waals surface area contributed by atoms with E-state index in [-0.39, 0.29) is 24.0 Å². The number of guanidine groups is 1. The molecule has 0 aliphatic rings. The second kappa shape index (κ2) is 13.1. The summed E-state index contributed by atoms with van der Waals surface area (Å²) in [5.41, 5.74) is 1.22. The van der Waals surface area contributed by atoms with Crippen molar-refractivity contribution in [1.82, 2.24) is 10.2 Å². The quantitative estimate of drug-likeness (QED) is 0.271. The van der Waals surface area contributed by atoms with E-state index in [0.29, 0.717) is 0 Å². The molecule has 1 aromatic carbocycles. The maximum atomic E-state index is 5.36. The van der Waals surface area contributed by atoms with Crippen LogP contribution in [0.1, 0.15) is 32.3 Å². The molecule has 1 aromatic rings. The van der Waals surface area contributed by atoms with Gasteiger partial charge < -0.3 is 19.7 Å². The van der Waals surface area contributed by atoms with E-state index in [1.54, 1.807) is 14.2 Å². The molecule has 0 saturated heterocycles. The minimum atomic E-state index is 0. The Labute approximate surface area is 163 Å². The number of unbranched alkanes of at least 4 members (excludes halogenated alkanes) is 1. The summed E-state index contributed by atoms with van der Waals surface area (Å²) in [6, 6.07) is 6.07. The third-order valence-corrected chi connectivity index (χ3v) is 3.65. The van der Waals surface area contributed by atoms with Crippen LogP contribution >= 0.6 is 24.0 Å². The van der Waals surface area contributed by atoms with Gasteiger partial charge in [-0.2, -0.15) is 0 Å². The first-order valence-electron chi connectivity index (χ1n) is 8.36. The lowest BCUT2D eigenvalue weighted by Crippen LogP contribution is -2.40. The van der Waals surface area contributed by atoms with Gasteiger partial charge in [0.1, 0.15) is 0 Å². The van der Waals surface area contributed by atoms with E-state index in [4.69, 9.17) is 9.47 Å². The Morgan fingerprint density at radius 1 is 1.17 bits per heavy atom. The maximum absolute atomic E-state index is 5.36. The van der Waals surface area contributed by atoms with E-state index in [1.807, 2.05) is 12.1 Å². The van der Waals surface area contributed by atoms with Crippen LogP contribution in [0.3, 0.4) is 0 Å². The lowest BCUT2D eigenvalue weighted by atomic mass is 10.1. The molecule has 1 rings (SSSR count). The lowest BCUT2D eigenvalue weighted by molar-refractivity contribution is 0.354. The summed E-state index contributed by atoms with van der Waals surface area (Å²) < 4.78 is 10.6. The Balaban J connectivity index is 0.00000529. The molecule has 0 aliphatic heterocycles. The molecular weight excluding hydrogens is 417 g/mol. The van der Waals surface area contributed by atoms with E-state index in [1.165, 1.54) is 5.56 Å². The number of halogens is 1. The minimum absolute atomic E-state index is 0. The lowest BCUT2D eigenvalue weighted by Gasteiger charge is -2.22. The monoisotopic (exact) mass is 449 g/mol. The highest BCUT2D eigenvalue weighted by Crippen LogP contribution is 2.27. The molecule has 0 aromatic heterocycles. The molecule has 0 saturated carbocycles. The first-order chi connectivity index (χ1) is 11.2. The van der Waals surface area contributed by atoms with Gasteiger partial charge >= 0.3 is 0 Å². The average Bonchev–Trinajstić information content (AvgIpc) is 2.58. The molecule has 1 N–H and O–H groups in total. The fraction of sp³-hybridized carbons (Fsp3) is 0.611. The van der Waals surface area contributed by atoms with Crippen LogP contribution in [0.25, 0.3) is 0 Å². The second-order valence-corrected chi connectivity index (χ2v) is 5.45. The van der Waals surface area contributed by atoms with Gasteiger partial charge in [0.15, 0.2) is 17.5 Å². The Hall–Kier alpha value is -1.18. The number of ether oxygens (including phenoxy) is 2. The standard InChI is InChI=1S/C18H31N3O2.HI/c1-6-8-12-20-18(19-7-2)21(3)13-11-15-9-10-16(22-4)17(14-15)23-5;/h9-10,14H,6-8,11-13H2,1-5H3,(H,19,20);1H. The number of benzene rings is 1. The maximum Gasteiger partial charge on any atom is 0.193 e. The Morgan fingerprint density at radius 2 is 1.88 bits per heavy atom. The number of likely N-dealkylation sites (N-methyl/N-ethyl adjacent to an activating group) is 1. The number of hydrogen-bond acceptors (Lipinski definition) is 3. The predicted molar refractivity (Wildman–Crippen MR) is 112 cm³/mol. The zero-order valence-corrected chi connectivity index (χ0v) is 17.9. The topological polar surface area (TPSA) is 46.1 Å². The summed E-state index contributed by atoms with van der Waals surface area (Å²) in [4.78, 5) is 6.84. The fourth-order valence-electron chi connectivity index (χ4n) is 2.25. The fourth-order valence-corrected chi connectivity index (χ4v) is 2.25. The van der Waals surface area contributed by atoms with Crippen molar-refractivity contribution in [2.24, 2.45) is 4.99 Å². The van der Waals surface area contributed by atoms with Gasteiger partial charge in [-0.1, -0.05) is 19.4 Å². The summed E-state index contributed by atoms with van der Waals surface area (Å²) in [5.74, 6) is 2.51. The van der Waals surface area contributed by atoms with Gasteiger partial charge in [0, 0.05) is 26.7 Å². The number of nitrogens with zero attached hydrogens (tertiary/aromatic N) is 2. The van der Waals surface area contributed by atoms with E-state index < -0.39 is 0 Å². The molecule has 0 atom stereocenters. The highest BCUT2D eigenvalue weighted by molar-refractivity contribution is 14.0. The Bertz CT molecular complexity index is 495. The van der Waals surface area contributed by atoms with Crippen LogP contribution in [0, 0.1) is 0 Å². The smallest absolute Gasteiger partial charge is 0.193 e. The molecule has 0 spiro atoms. The minimum Gasteiger partial charge on any atom is -0.493 e. The van der Waals surface area contributed by atoms with Crippen LogP contribution in [0.4, 0.5) is 0 Å². The van der Waals surface area contributed by atoms with Gasteiger partial charge in [0.05, 0.1) is 14.2 Å². The van der Waals surface area contributed by atoms with Gasteiger partial charge in [0.25, 0.3) is 0 Å². The Morgan fingerprint density at radius 3 is 2.46 bits per heavy atom. The largest absolute Gasteiger partial charge is 0.493 e. The molecule has 0 amide bonds. The number of hydrogen-bond donors (Lipinski definition) is 1. The predicted octanol–water partition coefficient (Wildman–Crippen LogP) is 3.56. The van der Waals surface area contributed by atoms with Gasteiger partial charge in [-0.25, -0.2) is 0 Å². The van der Waals surface area contributed by atoms with E-state index in [9.17, 15) is 0 Å². The summed E-state index contributed by atoms with van der Waals surface area (Å²) >= 11 is 0. The van der Waals surface area contributed by atoms with Crippen molar-refractivity contribution in [2.75, 3.05) is 40.9 Å². The molecule has 24 heavy (non-hydrogen) atoms. The van der Waals surface area contributed by atoms with Crippen molar-refractivity contribution >= 4 is 29.9 Å².